The van der Waals surface area contributed by atoms with Gasteiger partial charge in [-0.1, -0.05) is 23.5 Å². The summed E-state index contributed by atoms with van der Waals surface area (Å²) in [6.07, 6.45) is -5.17. The molecule has 0 spiro atoms. The third-order valence-electron chi connectivity index (χ3n) is 3.57. The molecule has 2 heterocycles. The fourth-order valence-electron chi connectivity index (χ4n) is 2.43. The van der Waals surface area contributed by atoms with Crippen LogP contribution in [0.2, 0.25) is 0 Å². The summed E-state index contributed by atoms with van der Waals surface area (Å²) in [6.45, 7) is 0.283. The lowest BCUT2D eigenvalue weighted by atomic mass is 10.2. The first-order valence-corrected chi connectivity index (χ1v) is 8.51. The smallest absolute Gasteiger partial charge is 0.363 e. The predicted octanol–water partition coefficient (Wildman–Crippen LogP) is 3.61. The van der Waals surface area contributed by atoms with Crippen molar-refractivity contribution < 1.29 is 18.0 Å². The van der Waals surface area contributed by atoms with E-state index in [1.807, 2.05) is 12.1 Å². The van der Waals surface area contributed by atoms with E-state index in [0.717, 1.165) is 5.56 Å². The van der Waals surface area contributed by atoms with E-state index < -0.39 is 23.4 Å². The van der Waals surface area contributed by atoms with Crippen LogP contribution in [0, 0.1) is 0 Å². The fourth-order valence-corrected chi connectivity index (χ4v) is 3.35. The molecule has 1 atom stereocenters. The van der Waals surface area contributed by atoms with Gasteiger partial charge in [0.15, 0.2) is 0 Å². The molecule has 6 nitrogen and oxygen atoms in total. The second-order valence-corrected chi connectivity index (χ2v) is 6.64. The highest BCUT2D eigenvalue weighted by atomic mass is 35.5. The zero-order chi connectivity index (χ0) is 18.2. The van der Waals surface area contributed by atoms with E-state index in [4.69, 9.17) is 11.6 Å². The minimum absolute atomic E-state index is 0.104. The molecule has 25 heavy (non-hydrogen) atoms. The van der Waals surface area contributed by atoms with Crippen molar-refractivity contribution in [3.05, 3.63) is 34.8 Å². The second-order valence-electron chi connectivity index (χ2n) is 5.41. The average molecular weight is 392 g/mol. The number of hydrogen-bond donors (Lipinski definition) is 1. The fraction of sp³-hybridized carbons (Fsp3) is 0.357. The standard InChI is InChI=1S/C14H13ClF3N5OS/c1-22-7-10(19-9-4-2-3-8(5-9)6-15)23(13(22)24)12-21-20-11(25-12)14(16,17)18/h2-5,10,19H,6-7H2,1H3. The number of carbonyl (C=O) groups is 1. The molecule has 0 aliphatic carbocycles. The van der Waals surface area contributed by atoms with Gasteiger partial charge in [-0.3, -0.25) is 0 Å². The summed E-state index contributed by atoms with van der Waals surface area (Å²) in [5.74, 6) is 0.327. The van der Waals surface area contributed by atoms with Crippen molar-refractivity contribution in [3.63, 3.8) is 0 Å². The minimum Gasteiger partial charge on any atom is -0.363 e. The molecule has 134 valence electrons. The van der Waals surface area contributed by atoms with Gasteiger partial charge in [0.2, 0.25) is 10.1 Å². The third kappa shape index (κ3) is 3.64. The van der Waals surface area contributed by atoms with Crippen molar-refractivity contribution in [3.8, 4) is 0 Å². The number of likely N-dealkylation sites (N-methyl/N-ethyl adjacent to an activating group) is 1. The first-order chi connectivity index (χ1) is 11.8. The quantitative estimate of drug-likeness (QED) is 0.809. The topological polar surface area (TPSA) is 61.4 Å². The molecular formula is C14H13ClF3N5OS. The molecule has 0 bridgehead atoms. The Balaban J connectivity index is 1.87. The molecule has 1 N–H and O–H groups in total. The van der Waals surface area contributed by atoms with Gasteiger partial charge in [0, 0.05) is 18.6 Å². The van der Waals surface area contributed by atoms with Crippen molar-refractivity contribution >= 4 is 39.8 Å². The summed E-state index contributed by atoms with van der Waals surface area (Å²) >= 11 is 6.14. The van der Waals surface area contributed by atoms with Gasteiger partial charge in [0.25, 0.3) is 0 Å². The predicted molar refractivity (Wildman–Crippen MR) is 88.8 cm³/mol. The molecule has 2 amide bonds. The number of benzene rings is 1. The number of amides is 2. The molecule has 1 aliphatic rings. The average Bonchev–Trinajstić information content (AvgIpc) is 3.13. The largest absolute Gasteiger partial charge is 0.445 e. The highest BCUT2D eigenvalue weighted by molar-refractivity contribution is 7.15. The SMILES string of the molecule is CN1CC(Nc2cccc(CCl)c2)N(c2nnc(C(F)(F)F)s2)C1=O. The van der Waals surface area contributed by atoms with E-state index in [1.54, 1.807) is 19.2 Å². The summed E-state index contributed by atoms with van der Waals surface area (Å²) in [6, 6.07) is 6.81. The lowest BCUT2D eigenvalue weighted by Crippen LogP contribution is -2.39. The lowest BCUT2D eigenvalue weighted by Gasteiger charge is -2.22. The first kappa shape index (κ1) is 17.7. The van der Waals surface area contributed by atoms with Crippen LogP contribution in [-0.4, -0.2) is 40.9 Å². The molecule has 0 radical (unpaired) electrons. The Bertz CT molecular complexity index is 784. The van der Waals surface area contributed by atoms with Gasteiger partial charge in [-0.15, -0.1) is 21.8 Å². The van der Waals surface area contributed by atoms with Crippen LogP contribution in [0.3, 0.4) is 0 Å². The second kappa shape index (κ2) is 6.68. The van der Waals surface area contributed by atoms with Crippen LogP contribution < -0.4 is 10.2 Å². The zero-order valence-electron chi connectivity index (χ0n) is 12.9. The molecular weight excluding hydrogens is 379 g/mol. The number of nitrogens with zero attached hydrogens (tertiary/aromatic N) is 4. The van der Waals surface area contributed by atoms with Gasteiger partial charge in [0.05, 0.1) is 6.54 Å². The van der Waals surface area contributed by atoms with E-state index in [0.29, 0.717) is 22.9 Å². The Hall–Kier alpha value is -2.07. The van der Waals surface area contributed by atoms with E-state index in [-0.39, 0.29) is 11.7 Å². The van der Waals surface area contributed by atoms with Crippen LogP contribution in [0.15, 0.2) is 24.3 Å². The Morgan fingerprint density at radius 1 is 1.40 bits per heavy atom. The number of carbonyl (C=O) groups excluding carboxylic acids is 1. The number of aromatic nitrogens is 2. The van der Waals surface area contributed by atoms with Gasteiger partial charge in [-0.25, -0.2) is 9.69 Å². The molecule has 1 aliphatic heterocycles. The maximum atomic E-state index is 12.8. The van der Waals surface area contributed by atoms with Gasteiger partial charge in [-0.2, -0.15) is 13.2 Å². The summed E-state index contributed by atoms with van der Waals surface area (Å²) < 4.78 is 38.3. The maximum absolute atomic E-state index is 12.8. The van der Waals surface area contributed by atoms with E-state index in [2.05, 4.69) is 15.5 Å². The monoisotopic (exact) mass is 391 g/mol. The lowest BCUT2D eigenvalue weighted by molar-refractivity contribution is -0.138. The summed E-state index contributed by atoms with van der Waals surface area (Å²) in [5.41, 5.74) is 1.59. The molecule has 0 saturated carbocycles. The highest BCUT2D eigenvalue weighted by Crippen LogP contribution is 2.36. The van der Waals surface area contributed by atoms with Crippen molar-refractivity contribution in [1.29, 1.82) is 0 Å². The molecule has 11 heteroatoms. The first-order valence-electron chi connectivity index (χ1n) is 7.16. The molecule has 1 aromatic carbocycles. The molecule has 3 rings (SSSR count). The van der Waals surface area contributed by atoms with E-state index in [9.17, 15) is 18.0 Å². The Kier molecular flexibility index (Phi) is 4.74. The summed E-state index contributed by atoms with van der Waals surface area (Å²) in [4.78, 5) is 14.9. The number of alkyl halides is 4. The number of nitrogens with one attached hydrogen (secondary N) is 1. The van der Waals surface area contributed by atoms with Crippen LogP contribution in [0.25, 0.3) is 0 Å². The Morgan fingerprint density at radius 2 is 2.16 bits per heavy atom. The molecule has 1 fully saturated rings. The van der Waals surface area contributed by atoms with Crippen LogP contribution in [0.5, 0.6) is 0 Å². The number of rotatable bonds is 4. The number of hydrogen-bond acceptors (Lipinski definition) is 5. The maximum Gasteiger partial charge on any atom is 0.445 e. The number of anilines is 2. The van der Waals surface area contributed by atoms with E-state index >= 15 is 0 Å². The minimum atomic E-state index is -4.60. The van der Waals surface area contributed by atoms with Crippen LogP contribution in [0.4, 0.5) is 28.8 Å². The third-order valence-corrected chi connectivity index (χ3v) is 4.84. The van der Waals surface area contributed by atoms with Crippen molar-refractivity contribution in [2.45, 2.75) is 18.2 Å². The summed E-state index contributed by atoms with van der Waals surface area (Å²) in [7, 11) is 1.57. The number of urea groups is 1. The Labute approximate surface area is 150 Å². The zero-order valence-corrected chi connectivity index (χ0v) is 14.5. The van der Waals surface area contributed by atoms with Gasteiger partial charge < -0.3 is 10.2 Å². The van der Waals surface area contributed by atoms with Crippen molar-refractivity contribution in [2.75, 3.05) is 23.8 Å². The van der Waals surface area contributed by atoms with Gasteiger partial charge >= 0.3 is 12.2 Å². The van der Waals surface area contributed by atoms with Crippen molar-refractivity contribution in [2.24, 2.45) is 0 Å². The molecule has 1 unspecified atom stereocenters. The Morgan fingerprint density at radius 3 is 2.80 bits per heavy atom. The van der Waals surface area contributed by atoms with Crippen LogP contribution in [0.1, 0.15) is 10.6 Å². The number of halogens is 4. The van der Waals surface area contributed by atoms with Crippen LogP contribution >= 0.6 is 22.9 Å². The highest BCUT2D eigenvalue weighted by Gasteiger charge is 2.41. The van der Waals surface area contributed by atoms with Crippen LogP contribution in [-0.2, 0) is 12.1 Å². The van der Waals surface area contributed by atoms with Crippen molar-refractivity contribution in [1.82, 2.24) is 15.1 Å². The molecule has 2 aromatic rings. The summed E-state index contributed by atoms with van der Waals surface area (Å²) in [5, 5.41) is 8.63. The molecule has 1 aromatic heterocycles. The van der Waals surface area contributed by atoms with Gasteiger partial charge in [0.1, 0.15) is 6.17 Å². The van der Waals surface area contributed by atoms with Gasteiger partial charge in [-0.05, 0) is 17.7 Å². The normalized spacial score (nSPS) is 18.1. The molecule has 1 saturated heterocycles. The van der Waals surface area contributed by atoms with E-state index in [1.165, 1.54) is 9.80 Å².